The number of benzene rings is 1. The Morgan fingerprint density at radius 2 is 1.70 bits per heavy atom. The van der Waals surface area contributed by atoms with Crippen LogP contribution >= 0.6 is 0 Å². The molecule has 3 heterocycles. The number of halogens is 3. The molecule has 2 fully saturated rings. The smallest absolute Gasteiger partial charge is 0.344 e. The van der Waals surface area contributed by atoms with Crippen molar-refractivity contribution in [3.05, 3.63) is 82.4 Å². The van der Waals surface area contributed by atoms with Crippen LogP contribution in [0.3, 0.4) is 0 Å². The Morgan fingerprint density at radius 1 is 0.950 bits per heavy atom. The van der Waals surface area contributed by atoms with Crippen LogP contribution in [0, 0.1) is 0 Å². The molecular weight excluding hydrogens is 519 g/mol. The number of pyridine rings is 1. The first-order valence-electron chi connectivity index (χ1n) is 14.0. The van der Waals surface area contributed by atoms with Gasteiger partial charge < -0.3 is 10.2 Å². The SMILES string of the molecule is O=C(NC1CCCc2ccccc21)c1ncccc1C1CCN(C(=O)Cn2nc(C(F)(F)F)cc2C2CC2)CC1. The van der Waals surface area contributed by atoms with Gasteiger partial charge >= 0.3 is 6.18 Å². The van der Waals surface area contributed by atoms with Crippen molar-refractivity contribution in [3.63, 3.8) is 0 Å². The second-order valence-corrected chi connectivity index (χ2v) is 11.1. The Hall–Kier alpha value is -3.69. The summed E-state index contributed by atoms with van der Waals surface area (Å²) < 4.78 is 41.0. The van der Waals surface area contributed by atoms with Crippen LogP contribution in [-0.4, -0.2) is 44.6 Å². The Balaban J connectivity index is 1.10. The van der Waals surface area contributed by atoms with E-state index < -0.39 is 11.9 Å². The summed E-state index contributed by atoms with van der Waals surface area (Å²) in [4.78, 5) is 32.6. The molecule has 1 N–H and O–H groups in total. The van der Waals surface area contributed by atoms with E-state index in [0.29, 0.717) is 37.3 Å². The zero-order chi connectivity index (χ0) is 27.9. The molecule has 2 aliphatic carbocycles. The van der Waals surface area contributed by atoms with Gasteiger partial charge in [-0.05, 0) is 79.7 Å². The molecule has 1 unspecified atom stereocenters. The number of amides is 2. The van der Waals surface area contributed by atoms with Crippen LogP contribution in [0.15, 0.2) is 48.7 Å². The molecule has 210 valence electrons. The Labute approximate surface area is 230 Å². The minimum absolute atomic E-state index is 0.0411. The maximum atomic E-state index is 13.4. The number of nitrogens with zero attached hydrogens (tertiary/aromatic N) is 4. The predicted octanol–water partition coefficient (Wildman–Crippen LogP) is 5.39. The van der Waals surface area contributed by atoms with E-state index >= 15 is 0 Å². The molecule has 0 bridgehead atoms. The highest BCUT2D eigenvalue weighted by Crippen LogP contribution is 2.42. The molecule has 0 radical (unpaired) electrons. The summed E-state index contributed by atoms with van der Waals surface area (Å²) in [5.41, 5.74) is 3.26. The molecule has 10 heteroatoms. The first kappa shape index (κ1) is 26.5. The largest absolute Gasteiger partial charge is 0.435 e. The first-order valence-corrected chi connectivity index (χ1v) is 14.0. The number of rotatable bonds is 6. The van der Waals surface area contributed by atoms with E-state index in [1.165, 1.54) is 10.2 Å². The third-order valence-corrected chi connectivity index (χ3v) is 8.40. The molecule has 1 atom stereocenters. The van der Waals surface area contributed by atoms with Crippen LogP contribution in [0.2, 0.25) is 0 Å². The fourth-order valence-electron chi connectivity index (χ4n) is 6.14. The lowest BCUT2D eigenvalue weighted by molar-refractivity contribution is -0.142. The number of hydrogen-bond donors (Lipinski definition) is 1. The molecule has 6 rings (SSSR count). The quantitative estimate of drug-likeness (QED) is 0.446. The average Bonchev–Trinajstić information content (AvgIpc) is 3.71. The highest BCUT2D eigenvalue weighted by atomic mass is 19.4. The summed E-state index contributed by atoms with van der Waals surface area (Å²) in [6, 6.07) is 13.0. The van der Waals surface area contributed by atoms with E-state index in [0.717, 1.165) is 49.3 Å². The monoisotopic (exact) mass is 551 g/mol. The van der Waals surface area contributed by atoms with Crippen LogP contribution in [0.25, 0.3) is 0 Å². The number of carbonyl (C=O) groups is 2. The number of fused-ring (bicyclic) bond motifs is 1. The van der Waals surface area contributed by atoms with Gasteiger partial charge in [0.05, 0.1) is 6.04 Å². The van der Waals surface area contributed by atoms with Gasteiger partial charge in [-0.3, -0.25) is 19.3 Å². The molecular formula is C30H32F3N5O2. The van der Waals surface area contributed by atoms with Gasteiger partial charge in [-0.2, -0.15) is 18.3 Å². The standard InChI is InChI=1S/C30H32F3N5O2/c31-30(32,33)26-17-25(21-10-11-21)38(36-26)18-27(39)37-15-12-20(13-16-37)23-8-4-14-34-28(23)29(40)35-24-9-3-6-19-5-1-2-7-22(19)24/h1-2,4-5,7-8,14,17,20-21,24H,3,6,9-13,15-16,18H2,(H,35,40). The predicted molar refractivity (Wildman–Crippen MR) is 142 cm³/mol. The third-order valence-electron chi connectivity index (χ3n) is 8.40. The van der Waals surface area contributed by atoms with E-state index in [1.807, 2.05) is 24.3 Å². The second-order valence-electron chi connectivity index (χ2n) is 11.1. The minimum atomic E-state index is -4.54. The average molecular weight is 552 g/mol. The zero-order valence-electron chi connectivity index (χ0n) is 22.2. The number of piperidine rings is 1. The summed E-state index contributed by atoms with van der Waals surface area (Å²) in [6.45, 7) is 0.721. The molecule has 0 spiro atoms. The van der Waals surface area contributed by atoms with Crippen LogP contribution in [-0.2, 0) is 23.9 Å². The van der Waals surface area contributed by atoms with Crippen molar-refractivity contribution >= 4 is 11.8 Å². The van der Waals surface area contributed by atoms with Gasteiger partial charge in [0.15, 0.2) is 5.69 Å². The van der Waals surface area contributed by atoms with Gasteiger partial charge in [0.25, 0.3) is 5.91 Å². The number of carbonyl (C=O) groups excluding carboxylic acids is 2. The number of aryl methyl sites for hydroxylation is 1. The van der Waals surface area contributed by atoms with E-state index in [1.54, 1.807) is 11.1 Å². The Morgan fingerprint density at radius 3 is 2.45 bits per heavy atom. The number of hydrogen-bond acceptors (Lipinski definition) is 4. The number of alkyl halides is 3. The van der Waals surface area contributed by atoms with Gasteiger partial charge in [0.2, 0.25) is 5.91 Å². The van der Waals surface area contributed by atoms with Gasteiger partial charge in [0.1, 0.15) is 12.2 Å². The zero-order valence-corrected chi connectivity index (χ0v) is 22.2. The lowest BCUT2D eigenvalue weighted by atomic mass is 9.86. The molecule has 2 amide bonds. The lowest BCUT2D eigenvalue weighted by Gasteiger charge is -2.33. The molecule has 1 aliphatic heterocycles. The van der Waals surface area contributed by atoms with Crippen molar-refractivity contribution in [2.45, 2.75) is 75.5 Å². The third kappa shape index (κ3) is 5.48. The first-order chi connectivity index (χ1) is 19.3. The van der Waals surface area contributed by atoms with Crippen molar-refractivity contribution in [2.75, 3.05) is 13.1 Å². The van der Waals surface area contributed by atoms with E-state index in [-0.39, 0.29) is 36.2 Å². The molecule has 1 saturated carbocycles. The molecule has 40 heavy (non-hydrogen) atoms. The minimum Gasteiger partial charge on any atom is -0.344 e. The highest BCUT2D eigenvalue weighted by molar-refractivity contribution is 5.94. The topological polar surface area (TPSA) is 80.1 Å². The van der Waals surface area contributed by atoms with Crippen LogP contribution in [0.5, 0.6) is 0 Å². The van der Waals surface area contributed by atoms with Gasteiger partial charge in [-0.1, -0.05) is 30.3 Å². The summed E-state index contributed by atoms with van der Waals surface area (Å²) in [7, 11) is 0. The Kier molecular flexibility index (Phi) is 7.10. The van der Waals surface area contributed by atoms with Gasteiger partial charge in [0, 0.05) is 30.9 Å². The highest BCUT2D eigenvalue weighted by Gasteiger charge is 2.38. The maximum absolute atomic E-state index is 13.4. The lowest BCUT2D eigenvalue weighted by Crippen LogP contribution is -2.40. The number of nitrogens with one attached hydrogen (secondary N) is 1. The van der Waals surface area contributed by atoms with Crippen molar-refractivity contribution in [2.24, 2.45) is 0 Å². The van der Waals surface area contributed by atoms with E-state index in [4.69, 9.17) is 0 Å². The molecule has 3 aliphatic rings. The molecule has 7 nitrogen and oxygen atoms in total. The van der Waals surface area contributed by atoms with Crippen LogP contribution < -0.4 is 5.32 Å². The Bertz CT molecular complexity index is 1410. The maximum Gasteiger partial charge on any atom is 0.435 e. The summed E-state index contributed by atoms with van der Waals surface area (Å²) >= 11 is 0. The fraction of sp³-hybridized carbons (Fsp3) is 0.467. The van der Waals surface area contributed by atoms with E-state index in [2.05, 4.69) is 27.5 Å². The summed E-state index contributed by atoms with van der Waals surface area (Å²) in [5, 5.41) is 6.93. The normalized spacial score (nSPS) is 19.8. The molecule has 3 aromatic rings. The van der Waals surface area contributed by atoms with Crippen LogP contribution in [0.4, 0.5) is 13.2 Å². The second kappa shape index (κ2) is 10.7. The summed E-state index contributed by atoms with van der Waals surface area (Å²) in [6.07, 6.45) is 2.93. The fourth-order valence-corrected chi connectivity index (χ4v) is 6.14. The van der Waals surface area contributed by atoms with Crippen LogP contribution in [0.1, 0.15) is 95.0 Å². The molecule has 1 aromatic carbocycles. The van der Waals surface area contributed by atoms with E-state index in [9.17, 15) is 22.8 Å². The van der Waals surface area contributed by atoms with Gasteiger partial charge in [-0.25, -0.2) is 0 Å². The number of likely N-dealkylation sites (tertiary alicyclic amines) is 1. The van der Waals surface area contributed by atoms with Crippen molar-refractivity contribution in [1.29, 1.82) is 0 Å². The number of aromatic nitrogens is 3. The molecule has 2 aromatic heterocycles. The van der Waals surface area contributed by atoms with Crippen molar-refractivity contribution < 1.29 is 22.8 Å². The van der Waals surface area contributed by atoms with Crippen molar-refractivity contribution in [1.82, 2.24) is 25.0 Å². The van der Waals surface area contributed by atoms with Crippen molar-refractivity contribution in [3.8, 4) is 0 Å². The molecule has 1 saturated heterocycles. The van der Waals surface area contributed by atoms with Gasteiger partial charge in [-0.15, -0.1) is 0 Å². The summed E-state index contributed by atoms with van der Waals surface area (Å²) in [5.74, 6) is -0.333.